The third kappa shape index (κ3) is 4.93. The normalized spacial score (nSPS) is 12.6. The average Bonchev–Trinajstić information content (AvgIpc) is 2.34. The molecule has 0 aliphatic carbocycles. The fraction of sp³-hybridized carbons (Fsp3) is 0.538. The van der Waals surface area contributed by atoms with E-state index in [4.69, 9.17) is 23.2 Å². The number of hydrogen-bond acceptors (Lipinski definition) is 2. The van der Waals surface area contributed by atoms with Gasteiger partial charge >= 0.3 is 0 Å². The first-order valence-corrected chi connectivity index (χ1v) is 9.02. The smallest absolute Gasteiger partial charge is 0.147 e. The minimum atomic E-state index is -3.01. The zero-order valence-corrected chi connectivity index (χ0v) is 13.0. The summed E-state index contributed by atoms with van der Waals surface area (Å²) in [4.78, 5) is 0. The highest BCUT2D eigenvalue weighted by Gasteiger charge is 2.30. The van der Waals surface area contributed by atoms with Crippen molar-refractivity contribution in [3.8, 4) is 0 Å². The Labute approximate surface area is 123 Å². The van der Waals surface area contributed by atoms with Crippen molar-refractivity contribution in [2.75, 3.05) is 23.8 Å². The summed E-state index contributed by atoms with van der Waals surface area (Å²) in [6.45, 7) is 0. The molecule has 0 saturated carbocycles. The van der Waals surface area contributed by atoms with Gasteiger partial charge in [0.05, 0.1) is 0 Å². The molecule has 2 nitrogen and oxygen atoms in total. The van der Waals surface area contributed by atoms with Crippen LogP contribution in [0.1, 0.15) is 18.4 Å². The number of alkyl halides is 2. The lowest BCUT2D eigenvalue weighted by Gasteiger charge is -2.30. The highest BCUT2D eigenvalue weighted by atomic mass is 35.5. The van der Waals surface area contributed by atoms with Crippen LogP contribution in [0.15, 0.2) is 24.3 Å². The number of sulfone groups is 1. The fourth-order valence-corrected chi connectivity index (χ4v) is 3.49. The summed E-state index contributed by atoms with van der Waals surface area (Å²) in [5.41, 5.74) is 0.126. The molecule has 0 spiro atoms. The molecule has 0 aliphatic heterocycles. The highest BCUT2D eigenvalue weighted by Crippen LogP contribution is 2.33. The molecule has 0 saturated heterocycles. The summed E-state index contributed by atoms with van der Waals surface area (Å²) in [6, 6.07) is 6.14. The Bertz CT molecular complexity index is 513. The first-order valence-electron chi connectivity index (χ1n) is 5.89. The summed E-state index contributed by atoms with van der Waals surface area (Å²) in [5.74, 6) is 0.186. The van der Waals surface area contributed by atoms with Crippen LogP contribution >= 0.6 is 23.2 Å². The van der Waals surface area contributed by atoms with Gasteiger partial charge in [-0.05, 0) is 30.5 Å². The molecule has 6 heteroatoms. The summed E-state index contributed by atoms with van der Waals surface area (Å²) in [5, 5.41) is 0. The number of benzene rings is 1. The first-order chi connectivity index (χ1) is 8.83. The lowest BCUT2D eigenvalue weighted by molar-refractivity contribution is 0.479. The molecule has 0 fully saturated rings. The summed E-state index contributed by atoms with van der Waals surface area (Å²) < 4.78 is 35.6. The van der Waals surface area contributed by atoms with E-state index >= 15 is 0 Å². The van der Waals surface area contributed by atoms with Crippen LogP contribution in [-0.4, -0.2) is 32.2 Å². The van der Waals surface area contributed by atoms with Gasteiger partial charge in [0.15, 0.2) is 0 Å². The maximum atomic E-state index is 13.3. The van der Waals surface area contributed by atoms with Gasteiger partial charge in [-0.15, -0.1) is 23.2 Å². The SMILES string of the molecule is CS(=O)(=O)CCCC(CCl)(CCl)c1cccc(F)c1. The van der Waals surface area contributed by atoms with Crippen LogP contribution in [0.5, 0.6) is 0 Å². The van der Waals surface area contributed by atoms with Crippen LogP contribution in [0.25, 0.3) is 0 Å². The Hall–Kier alpha value is -0.320. The van der Waals surface area contributed by atoms with Crippen molar-refractivity contribution in [3.05, 3.63) is 35.6 Å². The standard InChI is InChI=1S/C13H17Cl2FO2S/c1-19(17,18)7-3-6-13(9-14,10-15)11-4-2-5-12(16)8-11/h2,4-5,8H,3,6-7,9-10H2,1H3. The van der Waals surface area contributed by atoms with E-state index < -0.39 is 15.3 Å². The monoisotopic (exact) mass is 326 g/mol. The molecular weight excluding hydrogens is 310 g/mol. The number of rotatable bonds is 7. The van der Waals surface area contributed by atoms with Crippen LogP contribution in [0, 0.1) is 5.82 Å². The molecular formula is C13H17Cl2FO2S. The summed E-state index contributed by atoms with van der Waals surface area (Å²) in [7, 11) is -3.01. The maximum Gasteiger partial charge on any atom is 0.147 e. The van der Waals surface area contributed by atoms with Crippen molar-refractivity contribution in [2.24, 2.45) is 0 Å². The number of hydrogen-bond donors (Lipinski definition) is 0. The molecule has 0 bridgehead atoms. The van der Waals surface area contributed by atoms with E-state index in [1.165, 1.54) is 18.4 Å². The maximum absolute atomic E-state index is 13.3. The van der Waals surface area contributed by atoms with Gasteiger partial charge < -0.3 is 0 Å². The van der Waals surface area contributed by atoms with Gasteiger partial charge in [0.1, 0.15) is 15.7 Å². The van der Waals surface area contributed by atoms with E-state index in [0.29, 0.717) is 18.4 Å². The predicted octanol–water partition coefficient (Wildman–Crippen LogP) is 3.37. The van der Waals surface area contributed by atoms with Crippen molar-refractivity contribution < 1.29 is 12.8 Å². The summed E-state index contributed by atoms with van der Waals surface area (Å²) >= 11 is 12.0. The van der Waals surface area contributed by atoms with Crippen LogP contribution in [0.2, 0.25) is 0 Å². The molecule has 108 valence electrons. The second-order valence-corrected chi connectivity index (χ2v) is 7.59. The lowest BCUT2D eigenvalue weighted by Crippen LogP contribution is -2.31. The minimum absolute atomic E-state index is 0.0812. The van der Waals surface area contributed by atoms with E-state index in [-0.39, 0.29) is 23.3 Å². The van der Waals surface area contributed by atoms with Crippen molar-refractivity contribution in [1.82, 2.24) is 0 Å². The van der Waals surface area contributed by atoms with Gasteiger partial charge in [-0.2, -0.15) is 0 Å². The van der Waals surface area contributed by atoms with Crippen LogP contribution in [-0.2, 0) is 15.3 Å². The largest absolute Gasteiger partial charge is 0.229 e. The van der Waals surface area contributed by atoms with Gasteiger partial charge in [-0.25, -0.2) is 12.8 Å². The average molecular weight is 327 g/mol. The molecule has 0 unspecified atom stereocenters. The Morgan fingerprint density at radius 1 is 1.26 bits per heavy atom. The molecule has 0 heterocycles. The van der Waals surface area contributed by atoms with Crippen LogP contribution in [0.3, 0.4) is 0 Å². The Morgan fingerprint density at radius 3 is 2.37 bits per heavy atom. The molecule has 19 heavy (non-hydrogen) atoms. The van der Waals surface area contributed by atoms with Crippen molar-refractivity contribution >= 4 is 33.0 Å². The van der Waals surface area contributed by atoms with E-state index in [1.807, 2.05) is 0 Å². The zero-order valence-electron chi connectivity index (χ0n) is 10.7. The minimum Gasteiger partial charge on any atom is -0.229 e. The molecule has 0 radical (unpaired) electrons. The quantitative estimate of drug-likeness (QED) is 0.720. The van der Waals surface area contributed by atoms with Crippen molar-refractivity contribution in [3.63, 3.8) is 0 Å². The molecule has 1 aromatic carbocycles. The van der Waals surface area contributed by atoms with Crippen molar-refractivity contribution in [2.45, 2.75) is 18.3 Å². The fourth-order valence-electron chi connectivity index (χ4n) is 1.96. The van der Waals surface area contributed by atoms with Gasteiger partial charge in [-0.3, -0.25) is 0 Å². The van der Waals surface area contributed by atoms with Gasteiger partial charge in [0, 0.05) is 29.2 Å². The van der Waals surface area contributed by atoms with E-state index in [9.17, 15) is 12.8 Å². The Kier molecular flexibility index (Phi) is 6.09. The Balaban J connectivity index is 2.91. The zero-order chi connectivity index (χ0) is 14.5. The molecule has 0 N–H and O–H groups in total. The predicted molar refractivity (Wildman–Crippen MR) is 78.5 cm³/mol. The second-order valence-electron chi connectivity index (χ2n) is 4.79. The molecule has 0 aromatic heterocycles. The van der Waals surface area contributed by atoms with Crippen molar-refractivity contribution in [1.29, 1.82) is 0 Å². The second kappa shape index (κ2) is 6.91. The topological polar surface area (TPSA) is 34.1 Å². The summed E-state index contributed by atoms with van der Waals surface area (Å²) in [6.07, 6.45) is 2.16. The first kappa shape index (κ1) is 16.7. The molecule has 0 aliphatic rings. The third-order valence-electron chi connectivity index (χ3n) is 3.12. The molecule has 1 aromatic rings. The highest BCUT2D eigenvalue weighted by molar-refractivity contribution is 7.90. The molecule has 0 atom stereocenters. The van der Waals surface area contributed by atoms with E-state index in [0.717, 1.165) is 0 Å². The van der Waals surface area contributed by atoms with E-state index in [1.54, 1.807) is 12.1 Å². The lowest BCUT2D eigenvalue weighted by atomic mass is 9.80. The van der Waals surface area contributed by atoms with Crippen LogP contribution < -0.4 is 0 Å². The van der Waals surface area contributed by atoms with E-state index in [2.05, 4.69) is 0 Å². The van der Waals surface area contributed by atoms with Gasteiger partial charge in [-0.1, -0.05) is 12.1 Å². The molecule has 0 amide bonds. The van der Waals surface area contributed by atoms with Crippen LogP contribution in [0.4, 0.5) is 4.39 Å². The van der Waals surface area contributed by atoms with Gasteiger partial charge in [0.25, 0.3) is 0 Å². The Morgan fingerprint density at radius 2 is 1.89 bits per heavy atom. The number of halogens is 3. The van der Waals surface area contributed by atoms with Gasteiger partial charge in [0.2, 0.25) is 0 Å². The third-order valence-corrected chi connectivity index (χ3v) is 5.17. The molecule has 1 rings (SSSR count).